The number of nitrogens with zero attached hydrogens (tertiary/aromatic N) is 1. The zero-order chi connectivity index (χ0) is 11.3. The van der Waals surface area contributed by atoms with Gasteiger partial charge in [-0.15, -0.1) is 0 Å². The van der Waals surface area contributed by atoms with Crippen molar-refractivity contribution in [2.24, 2.45) is 7.05 Å². The predicted molar refractivity (Wildman–Crippen MR) is 59.5 cm³/mol. The van der Waals surface area contributed by atoms with Crippen molar-refractivity contribution >= 4 is 0 Å². The molecular weight excluding hydrogens is 192 g/mol. The predicted octanol–water partition coefficient (Wildman–Crippen LogP) is 1.12. The second-order valence-corrected chi connectivity index (χ2v) is 3.62. The van der Waals surface area contributed by atoms with Crippen LogP contribution in [0.25, 0.3) is 0 Å². The summed E-state index contributed by atoms with van der Waals surface area (Å²) in [7, 11) is 5.33. The van der Waals surface area contributed by atoms with Crippen molar-refractivity contribution in [3.8, 4) is 0 Å². The van der Waals surface area contributed by atoms with Crippen LogP contribution in [-0.2, 0) is 23.1 Å². The number of aromatic nitrogens is 1. The Bertz CT molecular complexity index is 282. The van der Waals surface area contributed by atoms with Crippen LogP contribution < -0.4 is 5.32 Å². The first-order valence-corrected chi connectivity index (χ1v) is 5.08. The van der Waals surface area contributed by atoms with E-state index in [2.05, 4.69) is 16.0 Å². The van der Waals surface area contributed by atoms with E-state index in [0.29, 0.717) is 0 Å². The average Bonchev–Trinajstić information content (AvgIpc) is 2.63. The van der Waals surface area contributed by atoms with E-state index in [0.717, 1.165) is 6.54 Å². The normalized spacial score (nSPS) is 13.4. The number of ether oxygens (including phenoxy) is 2. The van der Waals surface area contributed by atoms with Crippen LogP contribution in [0.15, 0.2) is 18.3 Å². The summed E-state index contributed by atoms with van der Waals surface area (Å²) in [5.74, 6) is 0. The molecule has 1 rings (SSSR count). The molecule has 0 fully saturated rings. The number of hydrogen-bond donors (Lipinski definition) is 1. The molecule has 15 heavy (non-hydrogen) atoms. The molecule has 1 aromatic heterocycles. The molecule has 0 aliphatic carbocycles. The van der Waals surface area contributed by atoms with Crippen molar-refractivity contribution in [2.45, 2.75) is 25.8 Å². The first-order valence-electron chi connectivity index (χ1n) is 5.08. The molecule has 0 aromatic carbocycles. The molecule has 1 N–H and O–H groups in total. The SMILES string of the molecule is COC(OC)C(C)NCc1cccn1C. The zero-order valence-corrected chi connectivity index (χ0v) is 9.86. The summed E-state index contributed by atoms with van der Waals surface area (Å²) in [6.45, 7) is 2.86. The first kappa shape index (κ1) is 12.2. The van der Waals surface area contributed by atoms with E-state index in [9.17, 15) is 0 Å². The summed E-state index contributed by atoms with van der Waals surface area (Å²) in [4.78, 5) is 0. The van der Waals surface area contributed by atoms with Gasteiger partial charge in [0.05, 0.1) is 6.04 Å². The summed E-state index contributed by atoms with van der Waals surface area (Å²) < 4.78 is 12.4. The van der Waals surface area contributed by atoms with Gasteiger partial charge in [0.25, 0.3) is 0 Å². The van der Waals surface area contributed by atoms with E-state index in [4.69, 9.17) is 9.47 Å². The maximum absolute atomic E-state index is 5.17. The second-order valence-electron chi connectivity index (χ2n) is 3.62. The van der Waals surface area contributed by atoms with Crippen LogP contribution in [-0.4, -0.2) is 31.1 Å². The number of rotatable bonds is 6. The summed E-state index contributed by atoms with van der Waals surface area (Å²) in [5, 5.41) is 3.36. The minimum atomic E-state index is -0.203. The third-order valence-electron chi connectivity index (χ3n) is 2.53. The van der Waals surface area contributed by atoms with Crippen LogP contribution in [0.3, 0.4) is 0 Å². The Morgan fingerprint density at radius 3 is 2.53 bits per heavy atom. The van der Waals surface area contributed by atoms with Crippen molar-refractivity contribution < 1.29 is 9.47 Å². The number of aryl methyl sites for hydroxylation is 1. The molecule has 1 aromatic rings. The van der Waals surface area contributed by atoms with E-state index in [1.807, 2.05) is 26.2 Å². The summed E-state index contributed by atoms with van der Waals surface area (Å²) in [6, 6.07) is 4.29. The van der Waals surface area contributed by atoms with E-state index in [-0.39, 0.29) is 12.3 Å². The van der Waals surface area contributed by atoms with Gasteiger partial charge < -0.3 is 19.4 Å². The number of methoxy groups -OCH3 is 2. The maximum atomic E-state index is 5.17. The summed E-state index contributed by atoms with van der Waals surface area (Å²) in [6.07, 6.45) is 1.83. The van der Waals surface area contributed by atoms with Gasteiger partial charge in [0.15, 0.2) is 6.29 Å². The van der Waals surface area contributed by atoms with Gasteiger partial charge >= 0.3 is 0 Å². The third kappa shape index (κ3) is 3.34. The van der Waals surface area contributed by atoms with E-state index >= 15 is 0 Å². The first-order chi connectivity index (χ1) is 7.19. The molecule has 0 spiro atoms. The molecule has 4 nitrogen and oxygen atoms in total. The highest BCUT2D eigenvalue weighted by Gasteiger charge is 2.14. The van der Waals surface area contributed by atoms with Crippen LogP contribution in [0.2, 0.25) is 0 Å². The lowest BCUT2D eigenvalue weighted by atomic mass is 10.3. The molecule has 0 aliphatic heterocycles. The van der Waals surface area contributed by atoms with Crippen LogP contribution in [0.4, 0.5) is 0 Å². The van der Waals surface area contributed by atoms with Crippen LogP contribution >= 0.6 is 0 Å². The Balaban J connectivity index is 2.40. The van der Waals surface area contributed by atoms with Crippen molar-refractivity contribution in [1.82, 2.24) is 9.88 Å². The fourth-order valence-corrected chi connectivity index (χ4v) is 1.55. The Hall–Kier alpha value is -0.840. The fourth-order valence-electron chi connectivity index (χ4n) is 1.55. The Morgan fingerprint density at radius 2 is 2.07 bits per heavy atom. The Morgan fingerprint density at radius 1 is 1.40 bits per heavy atom. The van der Waals surface area contributed by atoms with Gasteiger partial charge in [-0.25, -0.2) is 0 Å². The number of nitrogens with one attached hydrogen (secondary N) is 1. The Kier molecular flexibility index (Phi) is 4.81. The smallest absolute Gasteiger partial charge is 0.171 e. The Labute approximate surface area is 91.2 Å². The molecule has 0 amide bonds. The van der Waals surface area contributed by atoms with Crippen LogP contribution in [0, 0.1) is 0 Å². The van der Waals surface area contributed by atoms with Gasteiger partial charge in [0.1, 0.15) is 0 Å². The molecular formula is C11H20N2O2. The number of hydrogen-bond acceptors (Lipinski definition) is 3. The molecule has 1 atom stereocenters. The highest BCUT2D eigenvalue weighted by molar-refractivity contribution is 5.06. The molecule has 0 radical (unpaired) electrons. The average molecular weight is 212 g/mol. The van der Waals surface area contributed by atoms with Gasteiger partial charge in [-0.05, 0) is 19.1 Å². The lowest BCUT2D eigenvalue weighted by Gasteiger charge is -2.22. The topological polar surface area (TPSA) is 35.4 Å². The van der Waals surface area contributed by atoms with Gasteiger partial charge in [-0.1, -0.05) is 0 Å². The monoisotopic (exact) mass is 212 g/mol. The van der Waals surface area contributed by atoms with Crippen molar-refractivity contribution in [3.63, 3.8) is 0 Å². The minimum Gasteiger partial charge on any atom is -0.354 e. The van der Waals surface area contributed by atoms with Crippen molar-refractivity contribution in [1.29, 1.82) is 0 Å². The van der Waals surface area contributed by atoms with Gasteiger partial charge in [0.2, 0.25) is 0 Å². The van der Waals surface area contributed by atoms with Crippen LogP contribution in [0.1, 0.15) is 12.6 Å². The van der Waals surface area contributed by atoms with Crippen molar-refractivity contribution in [3.05, 3.63) is 24.0 Å². The van der Waals surface area contributed by atoms with Crippen molar-refractivity contribution in [2.75, 3.05) is 14.2 Å². The summed E-state index contributed by atoms with van der Waals surface area (Å²) >= 11 is 0. The molecule has 0 saturated heterocycles. The standard InChI is InChI=1S/C11H20N2O2/c1-9(11(14-3)15-4)12-8-10-6-5-7-13(10)2/h5-7,9,11-12H,8H2,1-4H3. The molecule has 4 heteroatoms. The van der Waals surface area contributed by atoms with Gasteiger partial charge in [-0.3, -0.25) is 0 Å². The molecule has 0 bridgehead atoms. The highest BCUT2D eigenvalue weighted by atomic mass is 16.7. The summed E-state index contributed by atoms with van der Waals surface area (Å²) in [5.41, 5.74) is 1.24. The molecule has 86 valence electrons. The lowest BCUT2D eigenvalue weighted by Crippen LogP contribution is -2.39. The van der Waals surface area contributed by atoms with Gasteiger partial charge in [-0.2, -0.15) is 0 Å². The van der Waals surface area contributed by atoms with E-state index in [1.54, 1.807) is 14.2 Å². The van der Waals surface area contributed by atoms with E-state index < -0.39 is 0 Å². The highest BCUT2D eigenvalue weighted by Crippen LogP contribution is 2.02. The maximum Gasteiger partial charge on any atom is 0.171 e. The molecule has 0 saturated carbocycles. The molecule has 0 aliphatic rings. The van der Waals surface area contributed by atoms with E-state index in [1.165, 1.54) is 5.69 Å². The van der Waals surface area contributed by atoms with Crippen LogP contribution in [0.5, 0.6) is 0 Å². The molecule has 1 heterocycles. The second kappa shape index (κ2) is 5.90. The fraction of sp³-hybridized carbons (Fsp3) is 0.636. The minimum absolute atomic E-state index is 0.162. The van der Waals surface area contributed by atoms with Gasteiger partial charge in [0, 0.05) is 39.7 Å². The zero-order valence-electron chi connectivity index (χ0n) is 9.86. The third-order valence-corrected chi connectivity index (χ3v) is 2.53. The lowest BCUT2D eigenvalue weighted by molar-refractivity contribution is -0.119. The molecule has 1 unspecified atom stereocenters. The quantitative estimate of drug-likeness (QED) is 0.718. The largest absolute Gasteiger partial charge is 0.354 e.